The second-order valence-corrected chi connectivity index (χ2v) is 4.75. The first kappa shape index (κ1) is 15.4. The smallest absolute Gasteiger partial charge is 0.368 e. The van der Waals surface area contributed by atoms with Crippen molar-refractivity contribution in [2.75, 3.05) is 5.73 Å². The molecule has 1 aromatic rings. The Bertz CT molecular complexity index is 649. The van der Waals surface area contributed by atoms with Crippen molar-refractivity contribution < 1.29 is 20.1 Å². The molecule has 0 saturated carbocycles. The summed E-state index contributed by atoms with van der Waals surface area (Å²) in [6.45, 7) is 2.84. The summed E-state index contributed by atoms with van der Waals surface area (Å²) in [5.41, 5.74) is 2.38. The minimum Gasteiger partial charge on any atom is -0.391 e. The molecule has 9 nitrogen and oxygen atoms in total. The highest BCUT2D eigenvalue weighted by Gasteiger charge is 2.57. The molecule has 1 aliphatic heterocycles. The third kappa shape index (κ3) is 2.50. The minimum absolute atomic E-state index is 0.0908. The third-order valence-electron chi connectivity index (χ3n) is 3.18. The second-order valence-electron chi connectivity index (χ2n) is 4.75. The topological polar surface area (TPSA) is 144 Å². The monoisotopic (exact) mass is 296 g/mol. The van der Waals surface area contributed by atoms with E-state index in [1.807, 2.05) is 0 Å². The molecule has 2 rings (SSSR count). The number of aliphatic hydroxyl groups is 3. The van der Waals surface area contributed by atoms with Crippen molar-refractivity contribution >= 4 is 5.82 Å². The number of nitrogens with two attached hydrogens (primary N) is 1. The van der Waals surface area contributed by atoms with Gasteiger partial charge in [0, 0.05) is 0 Å². The van der Waals surface area contributed by atoms with Crippen molar-refractivity contribution in [1.82, 2.24) is 14.8 Å². The largest absolute Gasteiger partial charge is 0.391 e. The predicted octanol–water partition coefficient (Wildman–Crippen LogP) is -2.39. The molecule has 2 heterocycles. The van der Waals surface area contributed by atoms with Gasteiger partial charge in [0.2, 0.25) is 5.60 Å². The lowest BCUT2D eigenvalue weighted by molar-refractivity contribution is -0.0946. The number of aliphatic hydroxyl groups excluding tert-OH is 2. The summed E-state index contributed by atoms with van der Waals surface area (Å²) >= 11 is 0. The van der Waals surface area contributed by atoms with Crippen LogP contribution in [0.1, 0.15) is 20.1 Å². The average Bonchev–Trinajstić information content (AvgIpc) is 2.64. The average molecular weight is 296 g/mol. The molecule has 0 aliphatic carbocycles. The van der Waals surface area contributed by atoms with Crippen LogP contribution in [-0.4, -0.2) is 54.0 Å². The molecule has 0 aromatic carbocycles. The van der Waals surface area contributed by atoms with Gasteiger partial charge in [-0.3, -0.25) is 0 Å². The van der Waals surface area contributed by atoms with E-state index in [4.69, 9.17) is 10.5 Å². The normalized spacial score (nSPS) is 33.3. The summed E-state index contributed by atoms with van der Waals surface area (Å²) in [6, 6.07) is 0. The molecule has 1 aromatic heterocycles. The molecule has 1 saturated heterocycles. The maximum atomic E-state index is 11.8. The number of aromatic nitrogens is 3. The van der Waals surface area contributed by atoms with E-state index in [0.29, 0.717) is 0 Å². The molecular weight excluding hydrogens is 280 g/mol. The van der Waals surface area contributed by atoms with E-state index < -0.39 is 35.8 Å². The van der Waals surface area contributed by atoms with Gasteiger partial charge in [-0.25, -0.2) is 4.79 Å². The molecular formula is C12H16N4O5. The SMILES string of the molecule is CC#C[C@@]1(O)C(O)[C@@H]([C@@H](C)O)O[C@H]1n1ncc(N)nc1=O. The molecule has 5 N–H and O–H groups in total. The number of anilines is 1. The molecule has 0 radical (unpaired) electrons. The zero-order valence-corrected chi connectivity index (χ0v) is 11.5. The van der Waals surface area contributed by atoms with Gasteiger partial charge in [0.25, 0.3) is 0 Å². The molecule has 0 bridgehead atoms. The molecule has 1 fully saturated rings. The van der Waals surface area contributed by atoms with Gasteiger partial charge in [-0.2, -0.15) is 14.8 Å². The first-order chi connectivity index (χ1) is 9.81. The Balaban J connectivity index is 2.54. The molecule has 0 amide bonds. The maximum Gasteiger partial charge on any atom is 0.368 e. The lowest BCUT2D eigenvalue weighted by atomic mass is 9.93. The number of rotatable bonds is 2. The highest BCUT2D eigenvalue weighted by Crippen LogP contribution is 2.38. The van der Waals surface area contributed by atoms with Gasteiger partial charge in [0.15, 0.2) is 6.23 Å². The van der Waals surface area contributed by atoms with Crippen molar-refractivity contribution in [3.05, 3.63) is 16.7 Å². The Morgan fingerprint density at radius 2 is 2.29 bits per heavy atom. The van der Waals surface area contributed by atoms with E-state index in [1.165, 1.54) is 13.8 Å². The Labute approximate surface area is 120 Å². The van der Waals surface area contributed by atoms with E-state index >= 15 is 0 Å². The van der Waals surface area contributed by atoms with Crippen molar-refractivity contribution in [2.45, 2.75) is 44.0 Å². The fraction of sp³-hybridized carbons (Fsp3) is 0.583. The van der Waals surface area contributed by atoms with E-state index in [0.717, 1.165) is 10.9 Å². The number of ether oxygens (including phenoxy) is 1. The summed E-state index contributed by atoms with van der Waals surface area (Å²) in [7, 11) is 0. The Hall–Kier alpha value is -1.99. The highest BCUT2D eigenvalue weighted by atomic mass is 16.6. The first-order valence-corrected chi connectivity index (χ1v) is 6.20. The Kier molecular flexibility index (Phi) is 3.97. The molecule has 114 valence electrons. The van der Waals surface area contributed by atoms with Gasteiger partial charge in [-0.15, -0.1) is 5.92 Å². The minimum atomic E-state index is -2.11. The summed E-state index contributed by atoms with van der Waals surface area (Å²) in [5, 5.41) is 34.1. The molecule has 9 heteroatoms. The van der Waals surface area contributed by atoms with Crippen molar-refractivity contribution in [3.8, 4) is 11.8 Å². The van der Waals surface area contributed by atoms with Gasteiger partial charge in [0.05, 0.1) is 12.3 Å². The number of nitrogens with zero attached hydrogens (tertiary/aromatic N) is 3. The molecule has 21 heavy (non-hydrogen) atoms. The summed E-state index contributed by atoms with van der Waals surface area (Å²) in [5.74, 6) is 4.78. The van der Waals surface area contributed by atoms with E-state index in [9.17, 15) is 20.1 Å². The fourth-order valence-corrected chi connectivity index (χ4v) is 2.20. The van der Waals surface area contributed by atoms with Gasteiger partial charge in [-0.1, -0.05) is 5.92 Å². The number of hydrogen-bond acceptors (Lipinski definition) is 8. The van der Waals surface area contributed by atoms with Crippen LogP contribution in [0.3, 0.4) is 0 Å². The Morgan fingerprint density at radius 3 is 2.81 bits per heavy atom. The molecule has 1 aliphatic rings. The lowest BCUT2D eigenvalue weighted by Gasteiger charge is -2.25. The van der Waals surface area contributed by atoms with Crippen molar-refractivity contribution in [3.63, 3.8) is 0 Å². The number of nitrogen functional groups attached to an aromatic ring is 1. The van der Waals surface area contributed by atoms with Gasteiger partial charge < -0.3 is 25.8 Å². The van der Waals surface area contributed by atoms with E-state index in [2.05, 4.69) is 21.9 Å². The Morgan fingerprint density at radius 1 is 1.62 bits per heavy atom. The van der Waals surface area contributed by atoms with Crippen LogP contribution in [0.25, 0.3) is 0 Å². The predicted molar refractivity (Wildman–Crippen MR) is 70.7 cm³/mol. The van der Waals surface area contributed by atoms with Crippen LogP contribution in [0.2, 0.25) is 0 Å². The fourth-order valence-electron chi connectivity index (χ4n) is 2.20. The van der Waals surface area contributed by atoms with Crippen molar-refractivity contribution in [1.29, 1.82) is 0 Å². The standard InChI is InChI=1S/C12H16N4O5/c1-3-4-12(20)9(18)8(6(2)17)21-10(12)16-11(19)15-7(13)5-14-16/h5-6,8-10,17-18,20H,1-2H3,(H2,13,15,19)/t6-,8-,9?,10-,12-/m1/s1. The highest BCUT2D eigenvalue weighted by molar-refractivity contribution is 5.23. The van der Waals surface area contributed by atoms with Crippen LogP contribution in [0.15, 0.2) is 11.0 Å². The van der Waals surface area contributed by atoms with Crippen LogP contribution in [-0.2, 0) is 4.74 Å². The third-order valence-corrected chi connectivity index (χ3v) is 3.18. The molecule has 0 spiro atoms. The van der Waals surface area contributed by atoms with Gasteiger partial charge >= 0.3 is 5.69 Å². The van der Waals surface area contributed by atoms with Crippen LogP contribution in [0, 0.1) is 11.8 Å². The molecule has 5 atom stereocenters. The number of hydrogen-bond donors (Lipinski definition) is 4. The van der Waals surface area contributed by atoms with Crippen molar-refractivity contribution in [2.24, 2.45) is 0 Å². The first-order valence-electron chi connectivity index (χ1n) is 6.20. The zero-order valence-electron chi connectivity index (χ0n) is 11.5. The quantitative estimate of drug-likeness (QED) is 0.443. The van der Waals surface area contributed by atoms with Crippen LogP contribution < -0.4 is 11.4 Å². The lowest BCUT2D eigenvalue weighted by Crippen LogP contribution is -2.49. The van der Waals surface area contributed by atoms with E-state index in [-0.39, 0.29) is 5.82 Å². The van der Waals surface area contributed by atoms with Crippen LogP contribution in [0.4, 0.5) is 5.82 Å². The summed E-state index contributed by atoms with van der Waals surface area (Å²) in [4.78, 5) is 15.3. The van der Waals surface area contributed by atoms with E-state index in [1.54, 1.807) is 0 Å². The summed E-state index contributed by atoms with van der Waals surface area (Å²) in [6.07, 6.45) is -4.06. The summed E-state index contributed by atoms with van der Waals surface area (Å²) < 4.78 is 6.11. The van der Waals surface area contributed by atoms with Crippen LogP contribution in [0.5, 0.6) is 0 Å². The second kappa shape index (κ2) is 5.42. The van der Waals surface area contributed by atoms with Gasteiger partial charge in [-0.05, 0) is 13.8 Å². The molecule has 1 unspecified atom stereocenters. The zero-order chi connectivity index (χ0) is 15.8. The van der Waals surface area contributed by atoms with Gasteiger partial charge in [0.1, 0.15) is 18.0 Å². The maximum absolute atomic E-state index is 11.8. The van der Waals surface area contributed by atoms with Crippen LogP contribution >= 0.6 is 0 Å².